The second-order valence-corrected chi connectivity index (χ2v) is 4.65. The zero-order valence-electron chi connectivity index (χ0n) is 12.1. The van der Waals surface area contributed by atoms with Crippen LogP contribution < -0.4 is 10.2 Å². The monoisotopic (exact) mass is 282 g/mol. The molecule has 21 heavy (non-hydrogen) atoms. The van der Waals surface area contributed by atoms with Crippen molar-refractivity contribution in [1.29, 1.82) is 0 Å². The Bertz CT molecular complexity index is 606. The molecule has 2 rings (SSSR count). The number of nitrogens with one attached hydrogen (secondary N) is 1. The highest BCUT2D eigenvalue weighted by Crippen LogP contribution is 2.12. The van der Waals surface area contributed by atoms with Crippen molar-refractivity contribution in [3.05, 3.63) is 65.7 Å². The van der Waals surface area contributed by atoms with Gasteiger partial charge >= 0.3 is 0 Å². The van der Waals surface area contributed by atoms with E-state index in [1.807, 2.05) is 37.3 Å². The summed E-state index contributed by atoms with van der Waals surface area (Å²) < 4.78 is 5.05. The molecule has 0 aliphatic heterocycles. The van der Waals surface area contributed by atoms with Crippen LogP contribution in [0.1, 0.15) is 28.8 Å². The molecule has 1 amide bonds. The number of amides is 1. The molecule has 0 aliphatic rings. The van der Waals surface area contributed by atoms with Gasteiger partial charge in [0, 0.05) is 17.7 Å². The first-order chi connectivity index (χ1) is 10.2. The zero-order chi connectivity index (χ0) is 15.1. The van der Waals surface area contributed by atoms with Crippen molar-refractivity contribution in [2.45, 2.75) is 12.8 Å². The lowest BCUT2D eigenvalue weighted by atomic mass is 10.0. The fourth-order valence-electron chi connectivity index (χ4n) is 1.86. The Labute approximate surface area is 124 Å². The molecule has 0 saturated heterocycles. The summed E-state index contributed by atoms with van der Waals surface area (Å²) in [6.07, 6.45) is 1.72. The average molecular weight is 282 g/mol. The van der Waals surface area contributed by atoms with Crippen molar-refractivity contribution in [3.63, 3.8) is 0 Å². The SMILES string of the molecule is COc1ccc(C(=O)N/N=C\[C@@H](C)c2ccccc2)cc1. The van der Waals surface area contributed by atoms with Crippen LogP contribution in [0.3, 0.4) is 0 Å². The van der Waals surface area contributed by atoms with Crippen molar-refractivity contribution in [3.8, 4) is 5.75 Å². The van der Waals surface area contributed by atoms with Crippen molar-refractivity contribution >= 4 is 12.1 Å². The standard InChI is InChI=1S/C17H18N2O2/c1-13(14-6-4-3-5-7-14)12-18-19-17(20)15-8-10-16(21-2)11-9-15/h3-13H,1-2H3,(H,19,20)/b18-12-/t13-/m1/s1. The summed E-state index contributed by atoms with van der Waals surface area (Å²) in [4.78, 5) is 11.9. The molecule has 2 aromatic carbocycles. The van der Waals surface area contributed by atoms with Crippen LogP contribution in [0.15, 0.2) is 59.7 Å². The van der Waals surface area contributed by atoms with Crippen LogP contribution in [0.25, 0.3) is 0 Å². The molecule has 4 heteroatoms. The van der Waals surface area contributed by atoms with E-state index in [0.29, 0.717) is 11.3 Å². The van der Waals surface area contributed by atoms with Crippen LogP contribution in [-0.2, 0) is 0 Å². The summed E-state index contributed by atoms with van der Waals surface area (Å²) in [5.74, 6) is 0.615. The van der Waals surface area contributed by atoms with Gasteiger partial charge in [0.25, 0.3) is 5.91 Å². The molecule has 2 aromatic rings. The third-order valence-corrected chi connectivity index (χ3v) is 3.14. The fourth-order valence-corrected chi connectivity index (χ4v) is 1.86. The lowest BCUT2D eigenvalue weighted by Crippen LogP contribution is -2.18. The van der Waals surface area contributed by atoms with Gasteiger partial charge in [-0.3, -0.25) is 4.79 Å². The summed E-state index contributed by atoms with van der Waals surface area (Å²) >= 11 is 0. The van der Waals surface area contributed by atoms with Crippen molar-refractivity contribution in [2.24, 2.45) is 5.10 Å². The van der Waals surface area contributed by atoms with E-state index in [1.54, 1.807) is 37.6 Å². The second-order valence-electron chi connectivity index (χ2n) is 4.65. The number of rotatable bonds is 5. The van der Waals surface area contributed by atoms with Gasteiger partial charge in [-0.15, -0.1) is 0 Å². The maximum absolute atomic E-state index is 11.9. The first-order valence-electron chi connectivity index (χ1n) is 6.73. The number of hydrazone groups is 1. The average Bonchev–Trinajstić information content (AvgIpc) is 2.55. The molecule has 0 spiro atoms. The van der Waals surface area contributed by atoms with Gasteiger partial charge < -0.3 is 4.74 Å². The van der Waals surface area contributed by atoms with Crippen molar-refractivity contribution in [2.75, 3.05) is 7.11 Å². The van der Waals surface area contributed by atoms with Crippen molar-refractivity contribution in [1.82, 2.24) is 5.43 Å². The zero-order valence-corrected chi connectivity index (χ0v) is 12.1. The Morgan fingerprint density at radius 1 is 1.14 bits per heavy atom. The van der Waals surface area contributed by atoms with Crippen LogP contribution >= 0.6 is 0 Å². The van der Waals surface area contributed by atoms with Crippen LogP contribution in [0.4, 0.5) is 0 Å². The van der Waals surface area contributed by atoms with Crippen molar-refractivity contribution < 1.29 is 9.53 Å². The quantitative estimate of drug-likeness (QED) is 0.676. The van der Waals surface area contributed by atoms with Crippen LogP contribution in [-0.4, -0.2) is 19.2 Å². The highest BCUT2D eigenvalue weighted by molar-refractivity contribution is 5.94. The number of nitrogens with zero attached hydrogens (tertiary/aromatic N) is 1. The first kappa shape index (κ1) is 14.8. The number of hydrogen-bond acceptors (Lipinski definition) is 3. The fraction of sp³-hybridized carbons (Fsp3) is 0.176. The van der Waals surface area contributed by atoms with E-state index in [1.165, 1.54) is 0 Å². The van der Waals surface area contributed by atoms with Crippen LogP contribution in [0, 0.1) is 0 Å². The molecule has 0 fully saturated rings. The van der Waals surface area contributed by atoms with Gasteiger partial charge in [0.15, 0.2) is 0 Å². The predicted molar refractivity (Wildman–Crippen MR) is 83.8 cm³/mol. The summed E-state index contributed by atoms with van der Waals surface area (Å²) in [5, 5.41) is 4.01. The molecule has 0 radical (unpaired) electrons. The summed E-state index contributed by atoms with van der Waals surface area (Å²) in [7, 11) is 1.59. The van der Waals surface area contributed by atoms with Gasteiger partial charge in [0.05, 0.1) is 7.11 Å². The molecule has 0 unspecified atom stereocenters. The molecule has 1 N–H and O–H groups in total. The van der Waals surface area contributed by atoms with E-state index >= 15 is 0 Å². The Kier molecular flexibility index (Phi) is 5.10. The largest absolute Gasteiger partial charge is 0.497 e. The van der Waals surface area contributed by atoms with E-state index in [4.69, 9.17) is 4.74 Å². The molecule has 0 heterocycles. The van der Waals surface area contributed by atoms with Gasteiger partial charge in [-0.05, 0) is 29.8 Å². The molecular formula is C17H18N2O2. The third kappa shape index (κ3) is 4.18. The highest BCUT2D eigenvalue weighted by atomic mass is 16.5. The minimum Gasteiger partial charge on any atom is -0.497 e. The van der Waals surface area contributed by atoms with Gasteiger partial charge in [0.2, 0.25) is 0 Å². The van der Waals surface area contributed by atoms with Gasteiger partial charge in [0.1, 0.15) is 5.75 Å². The minimum atomic E-state index is -0.242. The molecule has 0 bridgehead atoms. The van der Waals surface area contributed by atoms with E-state index in [-0.39, 0.29) is 11.8 Å². The molecule has 0 aromatic heterocycles. The summed E-state index contributed by atoms with van der Waals surface area (Å²) in [6.45, 7) is 2.03. The Morgan fingerprint density at radius 2 is 1.81 bits per heavy atom. The lowest BCUT2D eigenvalue weighted by molar-refractivity contribution is 0.0955. The maximum Gasteiger partial charge on any atom is 0.271 e. The van der Waals surface area contributed by atoms with E-state index in [2.05, 4.69) is 10.5 Å². The lowest BCUT2D eigenvalue weighted by Gasteiger charge is -2.05. The van der Waals surface area contributed by atoms with Gasteiger partial charge in [-0.2, -0.15) is 5.10 Å². The number of methoxy groups -OCH3 is 1. The Balaban J connectivity index is 1.92. The molecular weight excluding hydrogens is 264 g/mol. The normalized spacial score (nSPS) is 12.1. The number of carbonyl (C=O) groups is 1. The summed E-state index contributed by atoms with van der Waals surface area (Å²) in [5.41, 5.74) is 4.22. The van der Waals surface area contributed by atoms with Gasteiger partial charge in [-0.1, -0.05) is 37.3 Å². The second kappa shape index (κ2) is 7.24. The number of carbonyl (C=O) groups excluding carboxylic acids is 1. The van der Waals surface area contributed by atoms with Crippen LogP contribution in [0.5, 0.6) is 5.75 Å². The third-order valence-electron chi connectivity index (χ3n) is 3.14. The Morgan fingerprint density at radius 3 is 2.43 bits per heavy atom. The maximum atomic E-state index is 11.9. The predicted octanol–water partition coefficient (Wildman–Crippen LogP) is 3.21. The van der Waals surface area contributed by atoms with E-state index < -0.39 is 0 Å². The minimum absolute atomic E-state index is 0.141. The topological polar surface area (TPSA) is 50.7 Å². The molecule has 1 atom stereocenters. The molecule has 108 valence electrons. The Hall–Kier alpha value is -2.62. The van der Waals surface area contributed by atoms with Crippen LogP contribution in [0.2, 0.25) is 0 Å². The van der Waals surface area contributed by atoms with E-state index in [9.17, 15) is 4.79 Å². The van der Waals surface area contributed by atoms with E-state index in [0.717, 1.165) is 5.56 Å². The first-order valence-corrected chi connectivity index (χ1v) is 6.73. The highest BCUT2D eigenvalue weighted by Gasteiger charge is 2.05. The number of benzene rings is 2. The smallest absolute Gasteiger partial charge is 0.271 e. The van der Waals surface area contributed by atoms with Gasteiger partial charge in [-0.25, -0.2) is 5.43 Å². The number of hydrogen-bond donors (Lipinski definition) is 1. The number of ether oxygens (including phenoxy) is 1. The molecule has 4 nitrogen and oxygen atoms in total. The summed E-state index contributed by atoms with van der Waals surface area (Å²) in [6, 6.07) is 16.9. The molecule has 0 aliphatic carbocycles. The molecule has 0 saturated carbocycles.